The van der Waals surface area contributed by atoms with Crippen molar-refractivity contribution in [2.45, 2.75) is 25.7 Å². The van der Waals surface area contributed by atoms with Crippen LogP contribution in [-0.4, -0.2) is 42.2 Å². The molecule has 14 heavy (non-hydrogen) atoms. The number of carbonyl (C=O) groups is 1. The fourth-order valence-electron chi connectivity index (χ4n) is 1.78. The molecular formula is C10H20N2O2. The summed E-state index contributed by atoms with van der Waals surface area (Å²) in [6, 6.07) is 0. The van der Waals surface area contributed by atoms with E-state index in [1.807, 2.05) is 4.90 Å². The van der Waals surface area contributed by atoms with Gasteiger partial charge in [-0.15, -0.1) is 0 Å². The lowest BCUT2D eigenvalue weighted by atomic mass is 9.97. The third-order valence-corrected chi connectivity index (χ3v) is 2.82. The van der Waals surface area contributed by atoms with Gasteiger partial charge in [0.2, 0.25) is 5.91 Å². The van der Waals surface area contributed by atoms with Crippen LogP contribution in [0.25, 0.3) is 0 Å². The van der Waals surface area contributed by atoms with Crippen LogP contribution in [0.2, 0.25) is 0 Å². The van der Waals surface area contributed by atoms with Gasteiger partial charge in [0.1, 0.15) is 0 Å². The SMILES string of the molecule is NCCCC(=O)N1CCC(CO)CC1. The summed E-state index contributed by atoms with van der Waals surface area (Å²) in [5.74, 6) is 0.611. The molecule has 4 heteroatoms. The first-order valence-electron chi connectivity index (χ1n) is 5.36. The third-order valence-electron chi connectivity index (χ3n) is 2.82. The molecule has 0 aromatic heterocycles. The van der Waals surface area contributed by atoms with Gasteiger partial charge in [0.15, 0.2) is 0 Å². The maximum Gasteiger partial charge on any atom is 0.222 e. The summed E-state index contributed by atoms with van der Waals surface area (Å²) in [5.41, 5.74) is 5.35. The van der Waals surface area contributed by atoms with Crippen molar-refractivity contribution in [1.29, 1.82) is 0 Å². The van der Waals surface area contributed by atoms with Crippen LogP contribution >= 0.6 is 0 Å². The van der Waals surface area contributed by atoms with E-state index in [0.717, 1.165) is 32.4 Å². The van der Waals surface area contributed by atoms with Crippen LogP contribution in [-0.2, 0) is 4.79 Å². The van der Waals surface area contributed by atoms with Crippen LogP contribution in [0.5, 0.6) is 0 Å². The van der Waals surface area contributed by atoms with Gasteiger partial charge in [-0.2, -0.15) is 0 Å². The highest BCUT2D eigenvalue weighted by Gasteiger charge is 2.21. The predicted octanol–water partition coefficient (Wildman–Crippen LogP) is -0.0438. The van der Waals surface area contributed by atoms with E-state index in [2.05, 4.69) is 0 Å². The van der Waals surface area contributed by atoms with E-state index in [4.69, 9.17) is 10.8 Å². The third kappa shape index (κ3) is 3.27. The van der Waals surface area contributed by atoms with Crippen molar-refractivity contribution in [2.24, 2.45) is 11.7 Å². The van der Waals surface area contributed by atoms with Crippen molar-refractivity contribution in [3.63, 3.8) is 0 Å². The van der Waals surface area contributed by atoms with Crippen LogP contribution in [0.4, 0.5) is 0 Å². The minimum Gasteiger partial charge on any atom is -0.396 e. The Labute approximate surface area is 85.1 Å². The number of amides is 1. The molecular weight excluding hydrogens is 180 g/mol. The number of piperidine rings is 1. The summed E-state index contributed by atoms with van der Waals surface area (Å²) in [5, 5.41) is 8.94. The quantitative estimate of drug-likeness (QED) is 0.669. The fraction of sp³-hybridized carbons (Fsp3) is 0.900. The van der Waals surface area contributed by atoms with Crippen molar-refractivity contribution < 1.29 is 9.90 Å². The van der Waals surface area contributed by atoms with Crippen molar-refractivity contribution in [1.82, 2.24) is 4.90 Å². The van der Waals surface area contributed by atoms with Gasteiger partial charge in [-0.25, -0.2) is 0 Å². The number of nitrogens with two attached hydrogens (primary N) is 1. The molecule has 0 aromatic carbocycles. The minimum absolute atomic E-state index is 0.215. The largest absolute Gasteiger partial charge is 0.396 e. The Morgan fingerprint density at radius 2 is 2.07 bits per heavy atom. The van der Waals surface area contributed by atoms with Gasteiger partial charge in [0.25, 0.3) is 0 Å². The van der Waals surface area contributed by atoms with Gasteiger partial charge in [-0.3, -0.25) is 4.79 Å². The summed E-state index contributed by atoms with van der Waals surface area (Å²) in [7, 11) is 0. The molecule has 3 N–H and O–H groups in total. The summed E-state index contributed by atoms with van der Waals surface area (Å²) in [6.07, 6.45) is 3.22. The highest BCUT2D eigenvalue weighted by atomic mass is 16.3. The van der Waals surface area contributed by atoms with E-state index in [1.165, 1.54) is 0 Å². The Morgan fingerprint density at radius 1 is 1.43 bits per heavy atom. The second-order valence-corrected chi connectivity index (χ2v) is 3.90. The van der Waals surface area contributed by atoms with Crippen LogP contribution in [0.3, 0.4) is 0 Å². The van der Waals surface area contributed by atoms with Gasteiger partial charge >= 0.3 is 0 Å². The molecule has 0 radical (unpaired) electrons. The molecule has 1 saturated heterocycles. The lowest BCUT2D eigenvalue weighted by molar-refractivity contribution is -0.132. The summed E-state index contributed by atoms with van der Waals surface area (Å²) < 4.78 is 0. The molecule has 0 unspecified atom stereocenters. The summed E-state index contributed by atoms with van der Waals surface area (Å²) in [4.78, 5) is 13.5. The molecule has 1 aliphatic heterocycles. The monoisotopic (exact) mass is 200 g/mol. The van der Waals surface area contributed by atoms with Crippen LogP contribution in [0.1, 0.15) is 25.7 Å². The fourth-order valence-corrected chi connectivity index (χ4v) is 1.78. The van der Waals surface area contributed by atoms with Gasteiger partial charge in [-0.1, -0.05) is 0 Å². The maximum atomic E-state index is 11.6. The molecule has 1 heterocycles. The first kappa shape index (κ1) is 11.5. The van der Waals surface area contributed by atoms with E-state index < -0.39 is 0 Å². The standard InChI is InChI=1S/C10H20N2O2/c11-5-1-2-10(14)12-6-3-9(8-13)4-7-12/h9,13H,1-8,11H2. The molecule has 0 aliphatic carbocycles. The van der Waals surface area contributed by atoms with Gasteiger partial charge < -0.3 is 15.7 Å². The normalized spacial score (nSPS) is 18.6. The average molecular weight is 200 g/mol. The average Bonchev–Trinajstić information content (AvgIpc) is 2.26. The summed E-state index contributed by atoms with van der Waals surface area (Å²) >= 11 is 0. The molecule has 1 fully saturated rings. The molecule has 0 atom stereocenters. The smallest absolute Gasteiger partial charge is 0.222 e. The molecule has 0 aromatic rings. The Morgan fingerprint density at radius 3 is 2.57 bits per heavy atom. The minimum atomic E-state index is 0.215. The highest BCUT2D eigenvalue weighted by Crippen LogP contribution is 2.17. The van der Waals surface area contributed by atoms with Crippen molar-refractivity contribution >= 4 is 5.91 Å². The number of carbonyl (C=O) groups excluding carboxylic acids is 1. The number of aliphatic hydroxyl groups is 1. The second kappa shape index (κ2) is 5.98. The molecule has 0 saturated carbocycles. The van der Waals surface area contributed by atoms with Gasteiger partial charge in [0.05, 0.1) is 0 Å². The van der Waals surface area contributed by atoms with Crippen molar-refractivity contribution in [3.8, 4) is 0 Å². The van der Waals surface area contributed by atoms with Crippen molar-refractivity contribution in [3.05, 3.63) is 0 Å². The van der Waals surface area contributed by atoms with Gasteiger partial charge in [-0.05, 0) is 31.7 Å². The molecule has 82 valence electrons. The lowest BCUT2D eigenvalue weighted by Crippen LogP contribution is -2.39. The highest BCUT2D eigenvalue weighted by molar-refractivity contribution is 5.76. The zero-order valence-electron chi connectivity index (χ0n) is 8.61. The Bertz CT molecular complexity index is 177. The number of hydrogen-bond donors (Lipinski definition) is 2. The molecule has 0 spiro atoms. The van der Waals surface area contributed by atoms with Crippen LogP contribution in [0.15, 0.2) is 0 Å². The number of aliphatic hydroxyl groups excluding tert-OH is 1. The van der Waals surface area contributed by atoms with E-state index in [0.29, 0.717) is 18.9 Å². The first-order valence-corrected chi connectivity index (χ1v) is 5.36. The Hall–Kier alpha value is -0.610. The van der Waals surface area contributed by atoms with Crippen LogP contribution < -0.4 is 5.73 Å². The zero-order valence-corrected chi connectivity index (χ0v) is 8.61. The summed E-state index contributed by atoms with van der Waals surface area (Å²) in [6.45, 7) is 2.44. The van der Waals surface area contributed by atoms with Gasteiger partial charge in [0, 0.05) is 26.1 Å². The number of nitrogens with zero attached hydrogens (tertiary/aromatic N) is 1. The van der Waals surface area contributed by atoms with E-state index in [1.54, 1.807) is 0 Å². The predicted molar refractivity (Wildman–Crippen MR) is 54.7 cm³/mol. The molecule has 1 rings (SSSR count). The first-order chi connectivity index (χ1) is 6.77. The van der Waals surface area contributed by atoms with Crippen molar-refractivity contribution in [2.75, 3.05) is 26.2 Å². The van der Waals surface area contributed by atoms with E-state index in [-0.39, 0.29) is 12.5 Å². The molecule has 0 bridgehead atoms. The lowest BCUT2D eigenvalue weighted by Gasteiger charge is -2.31. The molecule has 4 nitrogen and oxygen atoms in total. The number of hydrogen-bond acceptors (Lipinski definition) is 3. The second-order valence-electron chi connectivity index (χ2n) is 3.90. The number of rotatable bonds is 4. The molecule has 1 aliphatic rings. The zero-order chi connectivity index (χ0) is 10.4. The topological polar surface area (TPSA) is 66.6 Å². The number of likely N-dealkylation sites (tertiary alicyclic amines) is 1. The Kier molecular flexibility index (Phi) is 4.90. The maximum absolute atomic E-state index is 11.6. The molecule has 1 amide bonds. The Balaban J connectivity index is 2.23. The van der Waals surface area contributed by atoms with Crippen LogP contribution in [0, 0.1) is 5.92 Å². The van der Waals surface area contributed by atoms with E-state index in [9.17, 15) is 4.79 Å². The van der Waals surface area contributed by atoms with E-state index >= 15 is 0 Å².